The monoisotopic (exact) mass is 415 g/mol. The minimum Gasteiger partial charge on any atom is -0.497 e. The minimum atomic E-state index is -0.271. The van der Waals surface area contributed by atoms with E-state index in [2.05, 4.69) is 24.3 Å². The highest BCUT2D eigenvalue weighted by Gasteiger charge is 2.35. The molecule has 3 aromatic rings. The third-order valence-electron chi connectivity index (χ3n) is 5.84. The van der Waals surface area contributed by atoms with E-state index in [4.69, 9.17) is 9.47 Å². The van der Waals surface area contributed by atoms with Gasteiger partial charge in [0, 0.05) is 13.0 Å². The van der Waals surface area contributed by atoms with Crippen molar-refractivity contribution in [3.63, 3.8) is 0 Å². The second-order valence-electron chi connectivity index (χ2n) is 7.89. The average Bonchev–Trinajstić information content (AvgIpc) is 2.84. The molecule has 0 saturated carbocycles. The van der Waals surface area contributed by atoms with E-state index >= 15 is 0 Å². The number of rotatable bonds is 8. The van der Waals surface area contributed by atoms with Gasteiger partial charge in [0.25, 0.3) is 0 Å². The maximum absolute atomic E-state index is 12.9. The van der Waals surface area contributed by atoms with Crippen LogP contribution in [0.1, 0.15) is 48.1 Å². The first-order chi connectivity index (χ1) is 15.3. The summed E-state index contributed by atoms with van der Waals surface area (Å²) in [5.41, 5.74) is 3.24. The van der Waals surface area contributed by atoms with Gasteiger partial charge in [-0.15, -0.1) is 0 Å². The first-order valence-corrected chi connectivity index (χ1v) is 10.9. The molecule has 1 amide bonds. The highest BCUT2D eigenvalue weighted by molar-refractivity contribution is 5.77. The molecule has 0 aliphatic carbocycles. The molecule has 1 heterocycles. The molecule has 0 unspecified atom stereocenters. The van der Waals surface area contributed by atoms with Crippen molar-refractivity contribution in [1.29, 1.82) is 0 Å². The normalized spacial score (nSPS) is 16.0. The number of methoxy groups -OCH3 is 1. The first-order valence-electron chi connectivity index (χ1n) is 10.9. The quantitative estimate of drug-likeness (QED) is 0.473. The number of piperidine rings is 1. The van der Waals surface area contributed by atoms with Gasteiger partial charge in [-0.2, -0.15) is 0 Å². The predicted octanol–water partition coefficient (Wildman–Crippen LogP) is 5.71. The lowest BCUT2D eigenvalue weighted by molar-refractivity contribution is -0.141. The summed E-state index contributed by atoms with van der Waals surface area (Å²) in [6.07, 6.45) is 2.31. The molecule has 0 spiro atoms. The van der Waals surface area contributed by atoms with E-state index in [0.29, 0.717) is 13.0 Å². The van der Waals surface area contributed by atoms with E-state index in [1.165, 1.54) is 0 Å². The Labute approximate surface area is 184 Å². The Morgan fingerprint density at radius 2 is 1.48 bits per heavy atom. The summed E-state index contributed by atoms with van der Waals surface area (Å²) >= 11 is 0. The molecule has 31 heavy (non-hydrogen) atoms. The summed E-state index contributed by atoms with van der Waals surface area (Å²) < 4.78 is 11.8. The van der Waals surface area contributed by atoms with Crippen LogP contribution in [0.15, 0.2) is 84.9 Å². The Bertz CT molecular complexity index is 957. The zero-order valence-electron chi connectivity index (χ0n) is 17.9. The zero-order chi connectivity index (χ0) is 21.5. The Hall–Kier alpha value is -3.11. The van der Waals surface area contributed by atoms with Crippen molar-refractivity contribution in [3.8, 4) is 5.75 Å². The van der Waals surface area contributed by atoms with Crippen LogP contribution in [-0.4, -0.2) is 24.5 Å². The van der Waals surface area contributed by atoms with Crippen LogP contribution in [0.4, 0.5) is 0 Å². The van der Waals surface area contributed by atoms with E-state index in [0.717, 1.165) is 41.8 Å². The highest BCUT2D eigenvalue weighted by atomic mass is 16.5. The maximum atomic E-state index is 12.9. The van der Waals surface area contributed by atoms with E-state index in [9.17, 15) is 4.79 Å². The lowest BCUT2D eigenvalue weighted by Crippen LogP contribution is -2.41. The molecule has 4 rings (SSSR count). The summed E-state index contributed by atoms with van der Waals surface area (Å²) in [7, 11) is 1.66. The van der Waals surface area contributed by atoms with E-state index in [1.54, 1.807) is 7.11 Å². The van der Waals surface area contributed by atoms with Crippen LogP contribution < -0.4 is 4.74 Å². The summed E-state index contributed by atoms with van der Waals surface area (Å²) in [6, 6.07) is 28.2. The second kappa shape index (κ2) is 10.3. The molecule has 3 aromatic carbocycles. The van der Waals surface area contributed by atoms with E-state index in [1.807, 2.05) is 65.6 Å². The fourth-order valence-electron chi connectivity index (χ4n) is 4.21. The van der Waals surface area contributed by atoms with Crippen molar-refractivity contribution in [3.05, 3.63) is 102 Å². The largest absolute Gasteiger partial charge is 0.497 e. The fourth-order valence-corrected chi connectivity index (χ4v) is 4.21. The number of amides is 1. The number of ether oxygens (including phenoxy) is 2. The Balaban J connectivity index is 1.68. The van der Waals surface area contributed by atoms with Gasteiger partial charge in [-0.1, -0.05) is 72.8 Å². The van der Waals surface area contributed by atoms with Crippen LogP contribution in [0.5, 0.6) is 5.75 Å². The summed E-state index contributed by atoms with van der Waals surface area (Å²) in [5.74, 6) is 1.03. The second-order valence-corrected chi connectivity index (χ2v) is 7.89. The molecular weight excluding hydrogens is 386 g/mol. The Morgan fingerprint density at radius 1 is 0.839 bits per heavy atom. The third kappa shape index (κ3) is 5.15. The van der Waals surface area contributed by atoms with Crippen molar-refractivity contribution in [2.24, 2.45) is 0 Å². The van der Waals surface area contributed by atoms with Gasteiger partial charge in [0.2, 0.25) is 5.91 Å². The van der Waals surface area contributed by atoms with Gasteiger partial charge in [0.15, 0.2) is 0 Å². The van der Waals surface area contributed by atoms with Crippen molar-refractivity contribution >= 4 is 5.91 Å². The maximum Gasteiger partial charge on any atom is 0.223 e. The Morgan fingerprint density at radius 3 is 2.10 bits per heavy atom. The van der Waals surface area contributed by atoms with Gasteiger partial charge >= 0.3 is 0 Å². The highest BCUT2D eigenvalue weighted by Crippen LogP contribution is 2.39. The molecule has 2 atom stereocenters. The first kappa shape index (κ1) is 21.1. The molecule has 0 radical (unpaired) electrons. The average molecular weight is 416 g/mol. The van der Waals surface area contributed by atoms with Crippen LogP contribution in [-0.2, 0) is 16.1 Å². The molecule has 0 N–H and O–H groups in total. The Kier molecular flexibility index (Phi) is 7.00. The molecule has 0 bridgehead atoms. The van der Waals surface area contributed by atoms with Crippen LogP contribution in [0.2, 0.25) is 0 Å². The van der Waals surface area contributed by atoms with Gasteiger partial charge in [0.1, 0.15) is 11.9 Å². The van der Waals surface area contributed by atoms with Crippen LogP contribution in [0.25, 0.3) is 0 Å². The molecule has 160 valence electrons. The minimum absolute atomic E-state index is 0.172. The van der Waals surface area contributed by atoms with E-state index in [-0.39, 0.29) is 18.1 Å². The standard InChI is InChI=1S/C27H29NO3/c1-30-24-17-15-21(16-18-24)20-31-27(23-12-6-3-7-13-23)26(22-10-4-2-5-11-22)28-19-9-8-14-25(28)29/h2-7,10-13,15-18,26-27H,8-9,14,19-20H2,1H3/t26-,27+/m1/s1. The van der Waals surface area contributed by atoms with Crippen molar-refractivity contribution in [2.45, 2.75) is 38.0 Å². The molecule has 1 aliphatic rings. The number of carbonyl (C=O) groups excluding carboxylic acids is 1. The van der Waals surface area contributed by atoms with Gasteiger partial charge in [-0.05, 0) is 41.7 Å². The van der Waals surface area contributed by atoms with Crippen molar-refractivity contribution in [2.75, 3.05) is 13.7 Å². The molecule has 1 fully saturated rings. The SMILES string of the molecule is COc1ccc(CO[C@@H](c2ccccc2)[C@@H](c2ccccc2)N2CCCCC2=O)cc1. The number of likely N-dealkylation sites (tertiary alicyclic amines) is 1. The van der Waals surface area contributed by atoms with E-state index < -0.39 is 0 Å². The number of hydrogen-bond donors (Lipinski definition) is 0. The molecule has 0 aromatic heterocycles. The number of carbonyl (C=O) groups is 1. The number of hydrogen-bond acceptors (Lipinski definition) is 3. The number of benzene rings is 3. The summed E-state index contributed by atoms with van der Waals surface area (Å²) in [6.45, 7) is 1.21. The van der Waals surface area contributed by atoms with Crippen LogP contribution >= 0.6 is 0 Å². The molecule has 4 nitrogen and oxygen atoms in total. The smallest absolute Gasteiger partial charge is 0.223 e. The number of nitrogens with zero attached hydrogens (tertiary/aromatic N) is 1. The topological polar surface area (TPSA) is 38.8 Å². The van der Waals surface area contributed by atoms with Gasteiger partial charge in [-0.3, -0.25) is 4.79 Å². The third-order valence-corrected chi connectivity index (χ3v) is 5.84. The zero-order valence-corrected chi connectivity index (χ0v) is 17.9. The van der Waals surface area contributed by atoms with Crippen LogP contribution in [0, 0.1) is 0 Å². The molecule has 1 aliphatic heterocycles. The lowest BCUT2D eigenvalue weighted by atomic mass is 9.92. The van der Waals surface area contributed by atoms with Crippen molar-refractivity contribution < 1.29 is 14.3 Å². The van der Waals surface area contributed by atoms with Gasteiger partial charge < -0.3 is 14.4 Å². The summed E-state index contributed by atoms with van der Waals surface area (Å²) in [5, 5.41) is 0. The predicted molar refractivity (Wildman–Crippen MR) is 122 cm³/mol. The molecule has 1 saturated heterocycles. The van der Waals surface area contributed by atoms with Crippen molar-refractivity contribution in [1.82, 2.24) is 4.90 Å². The van der Waals surface area contributed by atoms with Crippen LogP contribution in [0.3, 0.4) is 0 Å². The summed E-state index contributed by atoms with van der Waals surface area (Å²) in [4.78, 5) is 15.0. The van der Waals surface area contributed by atoms with Gasteiger partial charge in [0.05, 0.1) is 19.8 Å². The molecule has 4 heteroatoms. The molecular formula is C27H29NO3. The van der Waals surface area contributed by atoms with Gasteiger partial charge in [-0.25, -0.2) is 0 Å². The fraction of sp³-hybridized carbons (Fsp3) is 0.296. The lowest BCUT2D eigenvalue weighted by Gasteiger charge is -2.39.